The highest BCUT2D eigenvalue weighted by Crippen LogP contribution is 2.35. The molecule has 21 heavy (non-hydrogen) atoms. The third-order valence-electron chi connectivity index (χ3n) is 3.47. The first-order valence-corrected chi connectivity index (χ1v) is 7.98. The highest BCUT2D eigenvalue weighted by atomic mass is 79.9. The molecule has 0 atom stereocenters. The van der Waals surface area contributed by atoms with Crippen LogP contribution < -0.4 is 11.1 Å². The van der Waals surface area contributed by atoms with E-state index >= 15 is 0 Å². The number of carbonyl (C=O) groups excluding carboxylic acids is 1. The Labute approximate surface area is 136 Å². The Kier molecular flexibility index (Phi) is 5.87. The van der Waals surface area contributed by atoms with Crippen LogP contribution in [-0.2, 0) is 9.53 Å². The molecule has 1 aliphatic rings. The molecule has 116 valence electrons. The molecule has 1 aromatic carbocycles. The molecule has 1 amide bonds. The van der Waals surface area contributed by atoms with Crippen molar-refractivity contribution in [2.24, 2.45) is 5.73 Å². The van der Waals surface area contributed by atoms with Crippen molar-refractivity contribution in [3.63, 3.8) is 0 Å². The molecule has 1 saturated carbocycles. The first-order chi connectivity index (χ1) is 9.95. The van der Waals surface area contributed by atoms with Gasteiger partial charge < -0.3 is 20.9 Å². The molecule has 1 fully saturated rings. The zero-order valence-electron chi connectivity index (χ0n) is 11.4. The lowest BCUT2D eigenvalue weighted by atomic mass is 9.94. The van der Waals surface area contributed by atoms with Crippen LogP contribution in [0.5, 0.6) is 5.75 Å². The normalized spacial score (nSPS) is 22.0. The van der Waals surface area contributed by atoms with Crippen LogP contribution in [0.15, 0.2) is 16.6 Å². The second-order valence-corrected chi connectivity index (χ2v) is 6.50. The van der Waals surface area contributed by atoms with Gasteiger partial charge in [0.1, 0.15) is 18.0 Å². The second kappa shape index (κ2) is 7.45. The van der Waals surface area contributed by atoms with Crippen LogP contribution in [0.3, 0.4) is 0 Å². The molecule has 0 bridgehead atoms. The molecule has 0 aliphatic heterocycles. The van der Waals surface area contributed by atoms with E-state index in [1.165, 1.54) is 6.07 Å². The summed E-state index contributed by atoms with van der Waals surface area (Å²) < 4.78 is 6.20. The summed E-state index contributed by atoms with van der Waals surface area (Å²) in [5.41, 5.74) is 6.01. The molecule has 1 aromatic rings. The van der Waals surface area contributed by atoms with E-state index in [4.69, 9.17) is 22.1 Å². The molecule has 0 spiro atoms. The van der Waals surface area contributed by atoms with Crippen molar-refractivity contribution in [2.75, 3.05) is 11.9 Å². The van der Waals surface area contributed by atoms with E-state index in [1.54, 1.807) is 6.07 Å². The first-order valence-electron chi connectivity index (χ1n) is 6.80. The third kappa shape index (κ3) is 4.85. The molecular formula is C14H18BrClN2O3. The van der Waals surface area contributed by atoms with Gasteiger partial charge in [0.05, 0.1) is 11.1 Å². The van der Waals surface area contributed by atoms with Crippen molar-refractivity contribution in [1.29, 1.82) is 0 Å². The number of benzene rings is 1. The fourth-order valence-corrected chi connectivity index (χ4v) is 3.15. The van der Waals surface area contributed by atoms with Crippen LogP contribution in [0.2, 0.25) is 5.02 Å². The fourth-order valence-electron chi connectivity index (χ4n) is 2.31. The SMILES string of the molecule is NC1CCC(OCC(=O)Nc2c(O)cc(Br)cc2Cl)CC1. The molecular weight excluding hydrogens is 360 g/mol. The lowest BCUT2D eigenvalue weighted by molar-refractivity contribution is -0.123. The highest BCUT2D eigenvalue weighted by Gasteiger charge is 2.20. The largest absolute Gasteiger partial charge is 0.506 e. The third-order valence-corrected chi connectivity index (χ3v) is 4.22. The Bertz CT molecular complexity index is 496. The van der Waals surface area contributed by atoms with Gasteiger partial charge in [-0.2, -0.15) is 0 Å². The van der Waals surface area contributed by atoms with Gasteiger partial charge in [0, 0.05) is 10.5 Å². The van der Waals surface area contributed by atoms with Gasteiger partial charge in [-0.25, -0.2) is 0 Å². The van der Waals surface area contributed by atoms with Crippen molar-refractivity contribution >= 4 is 39.1 Å². The van der Waals surface area contributed by atoms with Crippen LogP contribution in [0, 0.1) is 0 Å². The van der Waals surface area contributed by atoms with E-state index in [1.807, 2.05) is 0 Å². The number of carbonyl (C=O) groups is 1. The van der Waals surface area contributed by atoms with Crippen LogP contribution in [0.25, 0.3) is 0 Å². The van der Waals surface area contributed by atoms with Gasteiger partial charge in [-0.3, -0.25) is 4.79 Å². The number of rotatable bonds is 4. The van der Waals surface area contributed by atoms with E-state index in [0.717, 1.165) is 25.7 Å². The summed E-state index contributed by atoms with van der Waals surface area (Å²) in [7, 11) is 0. The maximum Gasteiger partial charge on any atom is 0.250 e. The Hall–Kier alpha value is -0.820. The lowest BCUT2D eigenvalue weighted by Gasteiger charge is -2.25. The summed E-state index contributed by atoms with van der Waals surface area (Å²) in [6.07, 6.45) is 3.67. The van der Waals surface area contributed by atoms with Gasteiger partial charge in [-0.15, -0.1) is 0 Å². The quantitative estimate of drug-likeness (QED) is 0.704. The minimum atomic E-state index is -0.343. The van der Waals surface area contributed by atoms with Gasteiger partial charge in [0.15, 0.2) is 0 Å². The second-order valence-electron chi connectivity index (χ2n) is 5.18. The maximum absolute atomic E-state index is 11.9. The van der Waals surface area contributed by atoms with Crippen LogP contribution >= 0.6 is 27.5 Å². The summed E-state index contributed by atoms with van der Waals surface area (Å²) in [5.74, 6) is -0.434. The van der Waals surface area contributed by atoms with Crippen molar-refractivity contribution < 1.29 is 14.6 Å². The van der Waals surface area contributed by atoms with Crippen molar-refractivity contribution in [1.82, 2.24) is 0 Å². The number of halogens is 2. The van der Waals surface area contributed by atoms with Crippen LogP contribution in [0.1, 0.15) is 25.7 Å². The van der Waals surface area contributed by atoms with Crippen molar-refractivity contribution in [3.8, 4) is 5.75 Å². The number of hydrogen-bond acceptors (Lipinski definition) is 4. The number of anilines is 1. The average molecular weight is 378 g/mol. The Morgan fingerprint density at radius 1 is 1.43 bits per heavy atom. The summed E-state index contributed by atoms with van der Waals surface area (Å²) in [6, 6.07) is 3.31. The number of nitrogens with one attached hydrogen (secondary N) is 1. The van der Waals surface area contributed by atoms with E-state index < -0.39 is 0 Å². The van der Waals surface area contributed by atoms with E-state index in [2.05, 4.69) is 21.2 Å². The van der Waals surface area contributed by atoms with Gasteiger partial charge in [0.25, 0.3) is 5.91 Å². The zero-order valence-corrected chi connectivity index (χ0v) is 13.8. The minimum absolute atomic E-state index is 0.0638. The predicted octanol–water partition coefficient (Wildman–Crippen LogP) is 3.03. The first kappa shape index (κ1) is 16.5. The molecule has 5 nitrogen and oxygen atoms in total. The monoisotopic (exact) mass is 376 g/mol. The molecule has 7 heteroatoms. The summed E-state index contributed by atoms with van der Waals surface area (Å²) in [6.45, 7) is -0.0638. The Morgan fingerprint density at radius 3 is 2.71 bits per heavy atom. The molecule has 4 N–H and O–H groups in total. The minimum Gasteiger partial charge on any atom is -0.506 e. The number of phenolic OH excluding ortho intramolecular Hbond substituents is 1. The van der Waals surface area contributed by atoms with Gasteiger partial charge in [-0.1, -0.05) is 27.5 Å². The average Bonchev–Trinajstić information content (AvgIpc) is 2.42. The Morgan fingerprint density at radius 2 is 2.10 bits per heavy atom. The summed E-state index contributed by atoms with van der Waals surface area (Å²) in [4.78, 5) is 11.9. The molecule has 0 radical (unpaired) electrons. The molecule has 0 saturated heterocycles. The van der Waals surface area contributed by atoms with Gasteiger partial charge in [0.2, 0.25) is 0 Å². The van der Waals surface area contributed by atoms with Crippen molar-refractivity contribution in [3.05, 3.63) is 21.6 Å². The molecule has 0 aromatic heterocycles. The molecule has 0 unspecified atom stereocenters. The summed E-state index contributed by atoms with van der Waals surface area (Å²) in [5, 5.41) is 12.6. The number of hydrogen-bond donors (Lipinski definition) is 3. The predicted molar refractivity (Wildman–Crippen MR) is 85.6 cm³/mol. The smallest absolute Gasteiger partial charge is 0.250 e. The maximum atomic E-state index is 11.9. The lowest BCUT2D eigenvalue weighted by Crippen LogP contribution is -2.32. The van der Waals surface area contributed by atoms with Crippen LogP contribution in [-0.4, -0.2) is 29.8 Å². The standard InChI is InChI=1S/C14H18BrClN2O3/c15-8-5-11(16)14(12(19)6-8)18-13(20)7-21-10-3-1-9(17)2-4-10/h5-6,9-10,19H,1-4,7,17H2,(H,18,20). The highest BCUT2D eigenvalue weighted by molar-refractivity contribution is 9.10. The Balaban J connectivity index is 1.85. The van der Waals surface area contributed by atoms with Crippen LogP contribution in [0.4, 0.5) is 5.69 Å². The number of aromatic hydroxyl groups is 1. The number of nitrogens with two attached hydrogens (primary N) is 1. The molecule has 2 rings (SSSR count). The fraction of sp³-hybridized carbons (Fsp3) is 0.500. The van der Waals surface area contributed by atoms with E-state index in [9.17, 15) is 9.90 Å². The summed E-state index contributed by atoms with van der Waals surface area (Å²) >= 11 is 9.19. The topological polar surface area (TPSA) is 84.6 Å². The number of ether oxygens (including phenoxy) is 1. The zero-order chi connectivity index (χ0) is 15.4. The van der Waals surface area contributed by atoms with Gasteiger partial charge >= 0.3 is 0 Å². The van der Waals surface area contributed by atoms with E-state index in [0.29, 0.717) is 4.47 Å². The van der Waals surface area contributed by atoms with Crippen molar-refractivity contribution in [2.45, 2.75) is 37.8 Å². The number of amides is 1. The van der Waals surface area contributed by atoms with E-state index in [-0.39, 0.29) is 41.1 Å². The molecule has 0 heterocycles. The number of phenols is 1. The molecule has 1 aliphatic carbocycles. The van der Waals surface area contributed by atoms with Gasteiger partial charge in [-0.05, 0) is 37.8 Å².